The van der Waals surface area contributed by atoms with Gasteiger partial charge in [-0.2, -0.15) is 10.4 Å². The van der Waals surface area contributed by atoms with E-state index in [2.05, 4.69) is 14.9 Å². The Hall–Kier alpha value is -2.33. The molecule has 19 heavy (non-hydrogen) atoms. The number of hydrogen-bond acceptors (Lipinski definition) is 4. The average Bonchev–Trinajstić information content (AvgIpc) is 2.75. The van der Waals surface area contributed by atoms with Crippen molar-refractivity contribution >= 4 is 15.8 Å². The zero-order chi connectivity index (χ0) is 13.9. The van der Waals surface area contributed by atoms with Gasteiger partial charge in [-0.3, -0.25) is 9.82 Å². The Bertz CT molecular complexity index is 711. The van der Waals surface area contributed by atoms with Gasteiger partial charge in [0, 0.05) is 5.56 Å². The van der Waals surface area contributed by atoms with Gasteiger partial charge in [0.1, 0.15) is 5.82 Å². The minimum absolute atomic E-state index is 0.142. The number of H-pyrrole nitrogens is 1. The molecular weight excluding hydrogens is 264 g/mol. The Morgan fingerprint density at radius 3 is 2.58 bits per heavy atom. The number of aromatic amines is 1. The lowest BCUT2D eigenvalue weighted by molar-refractivity contribution is 0.601. The lowest BCUT2D eigenvalue weighted by Crippen LogP contribution is -2.13. The lowest BCUT2D eigenvalue weighted by Gasteiger charge is -2.07. The summed E-state index contributed by atoms with van der Waals surface area (Å²) in [4.78, 5) is 0.142. The fourth-order valence-corrected chi connectivity index (χ4v) is 2.61. The van der Waals surface area contributed by atoms with Crippen LogP contribution in [0.1, 0.15) is 11.1 Å². The molecule has 0 unspecified atom stereocenters. The number of nitriles is 1. The molecule has 2 N–H and O–H groups in total. The molecule has 98 valence electrons. The van der Waals surface area contributed by atoms with Crippen LogP contribution in [0.5, 0.6) is 0 Å². The summed E-state index contributed by atoms with van der Waals surface area (Å²) < 4.78 is 26.6. The highest BCUT2D eigenvalue weighted by molar-refractivity contribution is 7.92. The van der Waals surface area contributed by atoms with Crippen LogP contribution in [0.25, 0.3) is 0 Å². The second kappa shape index (κ2) is 5.12. The molecule has 2 rings (SSSR count). The van der Waals surface area contributed by atoms with Crippen molar-refractivity contribution in [2.45, 2.75) is 18.2 Å². The maximum atomic E-state index is 12.1. The normalized spacial score (nSPS) is 10.9. The number of aryl methyl sites for hydroxylation is 1. The van der Waals surface area contributed by atoms with E-state index < -0.39 is 10.0 Å². The molecule has 0 aliphatic heterocycles. The molecule has 1 aromatic heterocycles. The smallest absolute Gasteiger partial charge is 0.263 e. The van der Waals surface area contributed by atoms with E-state index in [-0.39, 0.29) is 11.3 Å². The van der Waals surface area contributed by atoms with Crippen molar-refractivity contribution in [1.82, 2.24) is 10.2 Å². The van der Waals surface area contributed by atoms with Crippen LogP contribution in [0.4, 0.5) is 5.82 Å². The fraction of sp³-hybridized carbons (Fsp3) is 0.167. The third-order valence-electron chi connectivity index (χ3n) is 2.58. The molecule has 0 amide bonds. The van der Waals surface area contributed by atoms with E-state index in [1.54, 1.807) is 19.1 Å². The van der Waals surface area contributed by atoms with Gasteiger partial charge in [0.2, 0.25) is 0 Å². The zero-order valence-electron chi connectivity index (χ0n) is 10.2. The third kappa shape index (κ3) is 2.92. The lowest BCUT2D eigenvalue weighted by atomic mass is 10.2. The van der Waals surface area contributed by atoms with Gasteiger partial charge in [0.15, 0.2) is 0 Å². The first-order chi connectivity index (χ1) is 9.03. The second-order valence-electron chi connectivity index (χ2n) is 4.01. The summed E-state index contributed by atoms with van der Waals surface area (Å²) in [6.07, 6.45) is 1.79. The average molecular weight is 276 g/mol. The van der Waals surface area contributed by atoms with E-state index >= 15 is 0 Å². The number of anilines is 1. The number of nitrogens with zero attached hydrogens (tertiary/aromatic N) is 2. The highest BCUT2D eigenvalue weighted by Crippen LogP contribution is 2.17. The Kier molecular flexibility index (Phi) is 3.53. The van der Waals surface area contributed by atoms with Crippen molar-refractivity contribution in [3.8, 4) is 6.07 Å². The molecule has 1 aromatic carbocycles. The molecule has 0 saturated carbocycles. The summed E-state index contributed by atoms with van der Waals surface area (Å²) in [6, 6.07) is 8.20. The van der Waals surface area contributed by atoms with Crippen molar-refractivity contribution in [2.24, 2.45) is 0 Å². The van der Waals surface area contributed by atoms with Gasteiger partial charge < -0.3 is 0 Å². The van der Waals surface area contributed by atoms with Crippen LogP contribution in [0.2, 0.25) is 0 Å². The summed E-state index contributed by atoms with van der Waals surface area (Å²) in [6.45, 7) is 1.75. The summed E-state index contributed by atoms with van der Waals surface area (Å²) in [7, 11) is -3.64. The molecule has 0 fully saturated rings. The molecule has 0 aliphatic rings. The molecule has 0 saturated heterocycles. The van der Waals surface area contributed by atoms with Crippen molar-refractivity contribution in [1.29, 1.82) is 5.26 Å². The van der Waals surface area contributed by atoms with Crippen molar-refractivity contribution < 1.29 is 8.42 Å². The van der Waals surface area contributed by atoms with Gasteiger partial charge in [-0.15, -0.1) is 0 Å². The maximum Gasteiger partial charge on any atom is 0.263 e. The molecule has 7 heteroatoms. The Morgan fingerprint density at radius 1 is 1.37 bits per heavy atom. The number of sulfonamides is 1. The summed E-state index contributed by atoms with van der Waals surface area (Å²) in [5, 5.41) is 14.9. The monoisotopic (exact) mass is 276 g/mol. The first-order valence-corrected chi connectivity index (χ1v) is 7.00. The van der Waals surface area contributed by atoms with Crippen LogP contribution in [0.3, 0.4) is 0 Å². The van der Waals surface area contributed by atoms with E-state index in [0.717, 1.165) is 5.56 Å². The first kappa shape index (κ1) is 13.1. The molecule has 0 aliphatic carbocycles. The van der Waals surface area contributed by atoms with E-state index in [1.807, 2.05) is 6.07 Å². The van der Waals surface area contributed by atoms with Crippen molar-refractivity contribution in [2.75, 3.05) is 4.72 Å². The summed E-state index contributed by atoms with van der Waals surface area (Å²) in [5.74, 6) is 0.348. The predicted molar refractivity (Wildman–Crippen MR) is 69.9 cm³/mol. The van der Waals surface area contributed by atoms with Crippen molar-refractivity contribution in [3.63, 3.8) is 0 Å². The molecule has 0 atom stereocenters. The van der Waals surface area contributed by atoms with E-state index in [0.29, 0.717) is 11.4 Å². The van der Waals surface area contributed by atoms with Crippen LogP contribution in [-0.4, -0.2) is 18.6 Å². The van der Waals surface area contributed by atoms with Gasteiger partial charge in [-0.25, -0.2) is 8.42 Å². The highest BCUT2D eigenvalue weighted by Gasteiger charge is 2.15. The standard InChI is InChI=1S/C12H12N4O2S/c1-9-8-14-15-12(9)16-19(17,18)11-4-2-10(3-5-11)6-7-13/h2-5,8H,6H2,1H3,(H2,14,15,16). The summed E-state index contributed by atoms with van der Waals surface area (Å²) >= 11 is 0. The highest BCUT2D eigenvalue weighted by atomic mass is 32.2. The van der Waals surface area contributed by atoms with Crippen LogP contribution < -0.4 is 4.72 Å². The van der Waals surface area contributed by atoms with Crippen LogP contribution >= 0.6 is 0 Å². The van der Waals surface area contributed by atoms with E-state index in [1.165, 1.54) is 18.3 Å². The molecule has 0 bridgehead atoms. The van der Waals surface area contributed by atoms with Gasteiger partial charge in [0.25, 0.3) is 10.0 Å². The maximum absolute atomic E-state index is 12.1. The van der Waals surface area contributed by atoms with Gasteiger partial charge in [0.05, 0.1) is 23.6 Å². The topological polar surface area (TPSA) is 98.6 Å². The van der Waals surface area contributed by atoms with Crippen molar-refractivity contribution in [3.05, 3.63) is 41.6 Å². The second-order valence-corrected chi connectivity index (χ2v) is 5.69. The quantitative estimate of drug-likeness (QED) is 0.885. The Labute approximate surface area is 111 Å². The number of benzene rings is 1. The number of hydrogen-bond donors (Lipinski definition) is 2. The number of rotatable bonds is 4. The van der Waals surface area contributed by atoms with Crippen LogP contribution in [-0.2, 0) is 16.4 Å². The van der Waals surface area contributed by atoms with Crippen LogP contribution in [0, 0.1) is 18.3 Å². The SMILES string of the molecule is Cc1cn[nH]c1NS(=O)(=O)c1ccc(CC#N)cc1. The fourth-order valence-electron chi connectivity index (χ4n) is 1.52. The molecule has 1 heterocycles. The zero-order valence-corrected chi connectivity index (χ0v) is 11.0. The molecule has 6 nitrogen and oxygen atoms in total. The van der Waals surface area contributed by atoms with E-state index in [4.69, 9.17) is 5.26 Å². The molecule has 0 spiro atoms. The predicted octanol–water partition coefficient (Wildman–Crippen LogP) is 1.58. The number of aromatic nitrogens is 2. The van der Waals surface area contributed by atoms with E-state index in [9.17, 15) is 8.42 Å². The molecular formula is C12H12N4O2S. The van der Waals surface area contributed by atoms with Gasteiger partial charge in [-0.1, -0.05) is 12.1 Å². The Balaban J connectivity index is 2.25. The van der Waals surface area contributed by atoms with Crippen LogP contribution in [0.15, 0.2) is 35.4 Å². The summed E-state index contributed by atoms with van der Waals surface area (Å²) in [5.41, 5.74) is 1.49. The minimum Gasteiger partial charge on any atom is -0.264 e. The minimum atomic E-state index is -3.64. The van der Waals surface area contributed by atoms with Gasteiger partial charge in [-0.05, 0) is 24.6 Å². The largest absolute Gasteiger partial charge is 0.264 e. The first-order valence-electron chi connectivity index (χ1n) is 5.51. The number of nitrogens with one attached hydrogen (secondary N) is 2. The molecule has 0 radical (unpaired) electrons. The third-order valence-corrected chi connectivity index (χ3v) is 3.95. The van der Waals surface area contributed by atoms with Gasteiger partial charge >= 0.3 is 0 Å². The molecule has 2 aromatic rings. The Morgan fingerprint density at radius 2 is 2.05 bits per heavy atom.